The van der Waals surface area contributed by atoms with Crippen molar-refractivity contribution in [2.45, 2.75) is 31.7 Å². The molecule has 0 aliphatic carbocycles. The van der Waals surface area contributed by atoms with Gasteiger partial charge in [0.2, 0.25) is 0 Å². The average Bonchev–Trinajstić information content (AvgIpc) is 2.98. The van der Waals surface area contributed by atoms with Crippen molar-refractivity contribution in [3.8, 4) is 0 Å². The molecule has 2 N–H and O–H groups in total. The number of rotatable bonds is 7. The molecule has 0 spiro atoms. The molecule has 0 amide bonds. The molecule has 2 rings (SSSR count). The first-order chi connectivity index (χ1) is 9.30. The zero-order valence-electron chi connectivity index (χ0n) is 11.9. The van der Waals surface area contributed by atoms with E-state index in [0.29, 0.717) is 0 Å². The van der Waals surface area contributed by atoms with Gasteiger partial charge in [-0.1, -0.05) is 37.3 Å². The van der Waals surface area contributed by atoms with E-state index in [1.807, 2.05) is 18.2 Å². The summed E-state index contributed by atoms with van der Waals surface area (Å²) in [7, 11) is 0. The number of nitrogens with one attached hydrogen (secondary N) is 1. The maximum Gasteiger partial charge on any atom is 0.0681 e. The van der Waals surface area contributed by atoms with Crippen LogP contribution in [0, 0.1) is 0 Å². The molecule has 0 saturated carbocycles. The van der Waals surface area contributed by atoms with Crippen LogP contribution in [0.2, 0.25) is 0 Å². The van der Waals surface area contributed by atoms with Crippen LogP contribution in [0.4, 0.5) is 0 Å². The van der Waals surface area contributed by atoms with Gasteiger partial charge in [-0.25, -0.2) is 0 Å². The van der Waals surface area contributed by atoms with E-state index in [9.17, 15) is 5.11 Å². The molecule has 0 radical (unpaired) electrons. The van der Waals surface area contributed by atoms with Gasteiger partial charge in [-0.2, -0.15) is 0 Å². The second-order valence-corrected chi connectivity index (χ2v) is 5.44. The Morgan fingerprint density at radius 2 is 1.89 bits per heavy atom. The topological polar surface area (TPSA) is 35.5 Å². The normalized spacial score (nSPS) is 19.5. The zero-order valence-corrected chi connectivity index (χ0v) is 11.9. The smallest absolute Gasteiger partial charge is 0.0681 e. The molecule has 3 nitrogen and oxygen atoms in total. The first-order valence-electron chi connectivity index (χ1n) is 7.44. The lowest BCUT2D eigenvalue weighted by atomic mass is 9.87. The fourth-order valence-electron chi connectivity index (χ4n) is 3.01. The highest BCUT2D eigenvalue weighted by Gasteiger charge is 2.31. The Labute approximate surface area is 116 Å². The third-order valence-electron chi connectivity index (χ3n) is 4.16. The standard InChI is InChI=1S/C16H26N2O/c1-2-17-16(14-19,15-8-4-3-5-9-15)10-13-18-11-6-7-12-18/h3-5,8-9,17,19H,2,6-7,10-14H2,1H3. The predicted octanol–water partition coefficient (Wildman–Crippen LogP) is 1.97. The lowest BCUT2D eigenvalue weighted by molar-refractivity contribution is 0.138. The molecule has 0 aromatic heterocycles. The number of hydrogen-bond acceptors (Lipinski definition) is 3. The molecule has 1 heterocycles. The highest BCUT2D eigenvalue weighted by molar-refractivity contribution is 5.24. The monoisotopic (exact) mass is 262 g/mol. The van der Waals surface area contributed by atoms with Gasteiger partial charge in [0.1, 0.15) is 0 Å². The fraction of sp³-hybridized carbons (Fsp3) is 0.625. The van der Waals surface area contributed by atoms with Gasteiger partial charge in [0.05, 0.1) is 12.1 Å². The van der Waals surface area contributed by atoms with Gasteiger partial charge in [-0.15, -0.1) is 0 Å². The second kappa shape index (κ2) is 7.04. The molecule has 1 aromatic carbocycles. The first-order valence-corrected chi connectivity index (χ1v) is 7.44. The highest BCUT2D eigenvalue weighted by atomic mass is 16.3. The van der Waals surface area contributed by atoms with Crippen molar-refractivity contribution in [3.05, 3.63) is 35.9 Å². The summed E-state index contributed by atoms with van der Waals surface area (Å²) in [6.45, 7) is 6.60. The molecule has 0 bridgehead atoms. The quantitative estimate of drug-likeness (QED) is 0.788. The fourth-order valence-corrected chi connectivity index (χ4v) is 3.01. The number of benzene rings is 1. The molecule has 1 aliphatic heterocycles. The minimum atomic E-state index is -0.293. The molecule has 1 atom stereocenters. The van der Waals surface area contributed by atoms with Crippen LogP contribution >= 0.6 is 0 Å². The van der Waals surface area contributed by atoms with Crippen LogP contribution in [0.1, 0.15) is 31.7 Å². The highest BCUT2D eigenvalue weighted by Crippen LogP contribution is 2.25. The third-order valence-corrected chi connectivity index (χ3v) is 4.16. The predicted molar refractivity (Wildman–Crippen MR) is 79.2 cm³/mol. The van der Waals surface area contributed by atoms with Crippen molar-refractivity contribution in [2.24, 2.45) is 0 Å². The number of aliphatic hydroxyl groups is 1. The first kappa shape index (κ1) is 14.5. The van der Waals surface area contributed by atoms with E-state index in [1.165, 1.54) is 31.5 Å². The summed E-state index contributed by atoms with van der Waals surface area (Å²) in [6, 6.07) is 10.4. The summed E-state index contributed by atoms with van der Waals surface area (Å²) in [4.78, 5) is 2.50. The Kier molecular flexibility index (Phi) is 5.37. The van der Waals surface area contributed by atoms with Crippen LogP contribution in [0.5, 0.6) is 0 Å². The largest absolute Gasteiger partial charge is 0.394 e. The minimum absolute atomic E-state index is 0.151. The van der Waals surface area contributed by atoms with Crippen molar-refractivity contribution in [2.75, 3.05) is 32.8 Å². The minimum Gasteiger partial charge on any atom is -0.394 e. The maximum absolute atomic E-state index is 9.95. The molecule has 1 aromatic rings. The van der Waals surface area contributed by atoms with Crippen LogP contribution in [0.15, 0.2) is 30.3 Å². The van der Waals surface area contributed by atoms with Crippen LogP contribution in [-0.4, -0.2) is 42.8 Å². The van der Waals surface area contributed by atoms with E-state index in [4.69, 9.17) is 0 Å². The van der Waals surface area contributed by atoms with E-state index in [2.05, 4.69) is 29.3 Å². The van der Waals surface area contributed by atoms with E-state index < -0.39 is 0 Å². The van der Waals surface area contributed by atoms with Gasteiger partial charge in [0.15, 0.2) is 0 Å². The Balaban J connectivity index is 2.09. The number of nitrogens with zero attached hydrogens (tertiary/aromatic N) is 1. The van der Waals surface area contributed by atoms with Gasteiger partial charge < -0.3 is 15.3 Å². The molecule has 1 saturated heterocycles. The lowest BCUT2D eigenvalue weighted by Gasteiger charge is -2.35. The molecule has 1 aliphatic rings. The average molecular weight is 262 g/mol. The summed E-state index contributed by atoms with van der Waals surface area (Å²) in [5.74, 6) is 0. The van der Waals surface area contributed by atoms with Crippen LogP contribution < -0.4 is 5.32 Å². The summed E-state index contributed by atoms with van der Waals surface area (Å²) in [5.41, 5.74) is 0.900. The van der Waals surface area contributed by atoms with Crippen LogP contribution in [0.25, 0.3) is 0 Å². The van der Waals surface area contributed by atoms with Crippen molar-refractivity contribution in [3.63, 3.8) is 0 Å². The molecular weight excluding hydrogens is 236 g/mol. The van der Waals surface area contributed by atoms with Crippen molar-refractivity contribution >= 4 is 0 Å². The molecular formula is C16H26N2O. The van der Waals surface area contributed by atoms with E-state index in [0.717, 1.165) is 19.5 Å². The lowest BCUT2D eigenvalue weighted by Crippen LogP contribution is -2.47. The molecule has 19 heavy (non-hydrogen) atoms. The van der Waals surface area contributed by atoms with Gasteiger partial charge in [0.25, 0.3) is 0 Å². The number of likely N-dealkylation sites (tertiary alicyclic amines) is 1. The molecule has 3 heteroatoms. The summed E-state index contributed by atoms with van der Waals surface area (Å²) in [5, 5.41) is 13.5. The molecule has 106 valence electrons. The second-order valence-electron chi connectivity index (χ2n) is 5.44. The van der Waals surface area contributed by atoms with Crippen LogP contribution in [-0.2, 0) is 5.54 Å². The van der Waals surface area contributed by atoms with Gasteiger partial charge >= 0.3 is 0 Å². The summed E-state index contributed by atoms with van der Waals surface area (Å²) >= 11 is 0. The Morgan fingerprint density at radius 1 is 1.21 bits per heavy atom. The van der Waals surface area contributed by atoms with Crippen LogP contribution in [0.3, 0.4) is 0 Å². The van der Waals surface area contributed by atoms with Crippen molar-refractivity contribution in [1.82, 2.24) is 10.2 Å². The Hall–Kier alpha value is -0.900. The number of hydrogen-bond donors (Lipinski definition) is 2. The summed E-state index contributed by atoms with van der Waals surface area (Å²) < 4.78 is 0. The SMILES string of the molecule is CCNC(CO)(CCN1CCCC1)c1ccccc1. The van der Waals surface area contributed by atoms with Crippen molar-refractivity contribution < 1.29 is 5.11 Å². The van der Waals surface area contributed by atoms with Crippen molar-refractivity contribution in [1.29, 1.82) is 0 Å². The van der Waals surface area contributed by atoms with E-state index >= 15 is 0 Å². The zero-order chi connectivity index (χ0) is 13.6. The van der Waals surface area contributed by atoms with Gasteiger partial charge in [-0.3, -0.25) is 0 Å². The third kappa shape index (κ3) is 3.56. The van der Waals surface area contributed by atoms with Gasteiger partial charge in [0, 0.05) is 6.54 Å². The molecule has 1 fully saturated rings. The number of likely N-dealkylation sites (N-methyl/N-ethyl adjacent to an activating group) is 1. The van der Waals surface area contributed by atoms with Gasteiger partial charge in [-0.05, 0) is 44.5 Å². The maximum atomic E-state index is 9.95. The van der Waals surface area contributed by atoms with E-state index in [-0.39, 0.29) is 12.1 Å². The summed E-state index contributed by atoms with van der Waals surface area (Å²) in [6.07, 6.45) is 3.60. The molecule has 1 unspecified atom stereocenters. The van der Waals surface area contributed by atoms with E-state index in [1.54, 1.807) is 0 Å². The Bertz CT molecular complexity index is 362. The Morgan fingerprint density at radius 3 is 2.47 bits per heavy atom. The number of aliphatic hydroxyl groups excluding tert-OH is 1.